The molecule has 0 atom stereocenters. The van der Waals surface area contributed by atoms with Crippen LogP contribution >= 0.6 is 11.6 Å². The van der Waals surface area contributed by atoms with Crippen molar-refractivity contribution in [1.82, 2.24) is 4.72 Å². The first-order chi connectivity index (χ1) is 8.69. The molecule has 0 saturated heterocycles. The Bertz CT molecular complexity index is 574. The highest BCUT2D eigenvalue weighted by Crippen LogP contribution is 2.22. The minimum Gasteiger partial charge on any atom is -0.446 e. The summed E-state index contributed by atoms with van der Waals surface area (Å²) in [5.41, 5.74) is 5.92. The fourth-order valence-corrected chi connectivity index (χ4v) is 2.01. The molecule has 1 aromatic rings. The molecule has 106 valence electrons. The smallest absolute Gasteiger partial charge is 0.422 e. The molecular weight excluding hydrogens is 294 g/mol. The van der Waals surface area contributed by atoms with Crippen LogP contribution in [0, 0.1) is 0 Å². The zero-order valence-electron chi connectivity index (χ0n) is 10.3. The molecule has 0 aliphatic carbocycles. The molecule has 1 amide bonds. The third-order valence-electron chi connectivity index (χ3n) is 1.81. The quantitative estimate of drug-likeness (QED) is 0.733. The summed E-state index contributed by atoms with van der Waals surface area (Å²) in [7, 11) is -4.08. The molecular formula is C10H14ClN3O4S. The predicted octanol–water partition coefficient (Wildman–Crippen LogP) is 1.71. The summed E-state index contributed by atoms with van der Waals surface area (Å²) in [5.74, 6) is 0. The molecule has 9 heteroatoms. The fourth-order valence-electron chi connectivity index (χ4n) is 1.14. The number of halogens is 1. The van der Waals surface area contributed by atoms with Crippen LogP contribution in [0.2, 0.25) is 5.02 Å². The van der Waals surface area contributed by atoms with Gasteiger partial charge in [-0.3, -0.25) is 4.72 Å². The van der Waals surface area contributed by atoms with Gasteiger partial charge in [0.1, 0.15) is 0 Å². The number of anilines is 2. The Morgan fingerprint density at radius 1 is 1.42 bits per heavy atom. The predicted molar refractivity (Wildman–Crippen MR) is 73.2 cm³/mol. The number of benzene rings is 1. The second kappa shape index (κ2) is 5.98. The van der Waals surface area contributed by atoms with E-state index in [4.69, 9.17) is 17.3 Å². The fraction of sp³-hybridized carbons (Fsp3) is 0.300. The van der Waals surface area contributed by atoms with Crippen LogP contribution in [0.1, 0.15) is 13.8 Å². The van der Waals surface area contributed by atoms with Gasteiger partial charge in [0.25, 0.3) is 0 Å². The van der Waals surface area contributed by atoms with Crippen LogP contribution in [-0.2, 0) is 14.9 Å². The molecule has 0 aromatic heterocycles. The lowest BCUT2D eigenvalue weighted by Crippen LogP contribution is -2.36. The van der Waals surface area contributed by atoms with Crippen molar-refractivity contribution < 1.29 is 17.9 Å². The first-order valence-electron chi connectivity index (χ1n) is 5.26. The maximum Gasteiger partial charge on any atom is 0.422 e. The molecule has 0 aliphatic rings. The van der Waals surface area contributed by atoms with Gasteiger partial charge >= 0.3 is 16.3 Å². The van der Waals surface area contributed by atoms with Gasteiger partial charge in [0.2, 0.25) is 0 Å². The Balaban J connectivity index is 2.74. The highest BCUT2D eigenvalue weighted by molar-refractivity contribution is 7.91. The van der Waals surface area contributed by atoms with Gasteiger partial charge in [0.05, 0.1) is 22.5 Å². The SMILES string of the molecule is CC(C)OC(=O)NS(=O)(=O)Nc1ccc(Cl)c(N)c1. The lowest BCUT2D eigenvalue weighted by atomic mass is 10.3. The molecule has 0 saturated carbocycles. The maximum atomic E-state index is 11.6. The summed E-state index contributed by atoms with van der Waals surface area (Å²) < 4.78 is 31.6. The number of hydrogen-bond acceptors (Lipinski definition) is 5. The van der Waals surface area contributed by atoms with Crippen molar-refractivity contribution in [2.75, 3.05) is 10.5 Å². The molecule has 4 N–H and O–H groups in total. The van der Waals surface area contributed by atoms with E-state index in [1.54, 1.807) is 18.6 Å². The van der Waals surface area contributed by atoms with Gasteiger partial charge in [-0.05, 0) is 32.0 Å². The highest BCUT2D eigenvalue weighted by Gasteiger charge is 2.16. The lowest BCUT2D eigenvalue weighted by molar-refractivity contribution is 0.121. The van der Waals surface area contributed by atoms with E-state index in [2.05, 4.69) is 9.46 Å². The summed E-state index contributed by atoms with van der Waals surface area (Å²) >= 11 is 5.70. The first-order valence-corrected chi connectivity index (χ1v) is 7.12. The van der Waals surface area contributed by atoms with Crippen LogP contribution in [0.3, 0.4) is 0 Å². The summed E-state index contributed by atoms with van der Waals surface area (Å²) in [6.07, 6.45) is -1.49. The van der Waals surface area contributed by atoms with Gasteiger partial charge in [-0.15, -0.1) is 0 Å². The maximum absolute atomic E-state index is 11.6. The van der Waals surface area contributed by atoms with E-state index in [0.717, 1.165) is 0 Å². The molecule has 7 nitrogen and oxygen atoms in total. The number of amides is 1. The number of rotatable bonds is 4. The molecule has 0 bridgehead atoms. The Morgan fingerprint density at radius 2 is 2.05 bits per heavy atom. The molecule has 1 rings (SSSR count). The van der Waals surface area contributed by atoms with E-state index in [0.29, 0.717) is 5.02 Å². The van der Waals surface area contributed by atoms with Crippen molar-refractivity contribution >= 4 is 39.3 Å². The minimum absolute atomic E-state index is 0.173. The van der Waals surface area contributed by atoms with Gasteiger partial charge in [-0.25, -0.2) is 9.52 Å². The Hall–Kier alpha value is -1.67. The molecule has 1 aromatic carbocycles. The number of nitrogens with one attached hydrogen (secondary N) is 2. The van der Waals surface area contributed by atoms with E-state index in [1.165, 1.54) is 18.2 Å². The van der Waals surface area contributed by atoms with Crippen LogP contribution in [0.5, 0.6) is 0 Å². The average Bonchev–Trinajstić information content (AvgIpc) is 2.20. The molecule has 0 heterocycles. The van der Waals surface area contributed by atoms with E-state index >= 15 is 0 Å². The molecule has 0 unspecified atom stereocenters. The van der Waals surface area contributed by atoms with Gasteiger partial charge < -0.3 is 10.5 Å². The average molecular weight is 308 g/mol. The Labute approximate surface area is 116 Å². The highest BCUT2D eigenvalue weighted by atomic mass is 35.5. The summed E-state index contributed by atoms with van der Waals surface area (Å²) in [5, 5.41) is 0.301. The Morgan fingerprint density at radius 3 is 2.58 bits per heavy atom. The van der Waals surface area contributed by atoms with Crippen LogP contribution in [0.15, 0.2) is 18.2 Å². The summed E-state index contributed by atoms with van der Waals surface area (Å²) in [6, 6.07) is 4.17. The van der Waals surface area contributed by atoms with Crippen molar-refractivity contribution in [2.24, 2.45) is 0 Å². The monoisotopic (exact) mass is 307 g/mol. The molecule has 19 heavy (non-hydrogen) atoms. The van der Waals surface area contributed by atoms with Crippen LogP contribution in [-0.4, -0.2) is 20.6 Å². The number of hydrogen-bond donors (Lipinski definition) is 3. The minimum atomic E-state index is -4.08. The van der Waals surface area contributed by atoms with Crippen molar-refractivity contribution in [3.63, 3.8) is 0 Å². The number of nitrogens with two attached hydrogens (primary N) is 1. The van der Waals surface area contributed by atoms with E-state index in [9.17, 15) is 13.2 Å². The van der Waals surface area contributed by atoms with Gasteiger partial charge in [-0.2, -0.15) is 8.42 Å². The first kappa shape index (κ1) is 15.4. The summed E-state index contributed by atoms with van der Waals surface area (Å²) in [4.78, 5) is 11.2. The zero-order valence-corrected chi connectivity index (χ0v) is 11.9. The molecule has 0 spiro atoms. The third-order valence-corrected chi connectivity index (χ3v) is 3.09. The second-order valence-corrected chi connectivity index (χ2v) is 5.72. The van der Waals surface area contributed by atoms with Gasteiger partial charge in [0.15, 0.2) is 0 Å². The standard InChI is InChI=1S/C10H14ClN3O4S/c1-6(2)18-10(15)14-19(16,17)13-7-3-4-8(11)9(12)5-7/h3-6,13H,12H2,1-2H3,(H,14,15). The Kier molecular flexibility index (Phi) is 4.84. The van der Waals surface area contributed by atoms with E-state index < -0.39 is 22.4 Å². The number of carbonyl (C=O) groups excluding carboxylic acids is 1. The van der Waals surface area contributed by atoms with E-state index in [1.807, 2.05) is 0 Å². The molecule has 0 radical (unpaired) electrons. The van der Waals surface area contributed by atoms with Crippen molar-refractivity contribution in [3.8, 4) is 0 Å². The normalized spacial score (nSPS) is 11.2. The van der Waals surface area contributed by atoms with Gasteiger partial charge in [-0.1, -0.05) is 11.6 Å². The van der Waals surface area contributed by atoms with Crippen molar-refractivity contribution in [1.29, 1.82) is 0 Å². The number of carbonyl (C=O) groups is 1. The third kappa shape index (κ3) is 5.23. The lowest BCUT2D eigenvalue weighted by Gasteiger charge is -2.12. The van der Waals surface area contributed by atoms with Crippen LogP contribution < -0.4 is 15.2 Å². The second-order valence-electron chi connectivity index (χ2n) is 3.90. The van der Waals surface area contributed by atoms with Crippen LogP contribution in [0.4, 0.5) is 16.2 Å². The topological polar surface area (TPSA) is 111 Å². The largest absolute Gasteiger partial charge is 0.446 e. The molecule has 0 fully saturated rings. The number of nitrogen functional groups attached to an aromatic ring is 1. The van der Waals surface area contributed by atoms with Crippen molar-refractivity contribution in [3.05, 3.63) is 23.2 Å². The van der Waals surface area contributed by atoms with Gasteiger partial charge in [0, 0.05) is 0 Å². The van der Waals surface area contributed by atoms with E-state index in [-0.39, 0.29) is 11.4 Å². The van der Waals surface area contributed by atoms with Crippen LogP contribution in [0.25, 0.3) is 0 Å². The number of ether oxygens (including phenoxy) is 1. The summed E-state index contributed by atoms with van der Waals surface area (Å²) in [6.45, 7) is 3.19. The van der Waals surface area contributed by atoms with Crippen molar-refractivity contribution in [2.45, 2.75) is 20.0 Å². The molecule has 0 aliphatic heterocycles. The zero-order chi connectivity index (χ0) is 14.6.